The molecule has 5 heteroatoms. The number of hydrogen-bond donors (Lipinski definition) is 2. The van der Waals surface area contributed by atoms with Crippen LogP contribution in [0.1, 0.15) is 20.3 Å². The van der Waals surface area contributed by atoms with Gasteiger partial charge >= 0.3 is 0 Å². The number of hydrogen-bond acceptors (Lipinski definition) is 4. The van der Waals surface area contributed by atoms with Crippen LogP contribution in [0.3, 0.4) is 0 Å². The molecule has 0 heterocycles. The van der Waals surface area contributed by atoms with E-state index in [0.29, 0.717) is 19.1 Å². The lowest BCUT2D eigenvalue weighted by molar-refractivity contribution is -0.124. The minimum Gasteiger partial charge on any atom is -0.383 e. The van der Waals surface area contributed by atoms with Gasteiger partial charge in [-0.3, -0.25) is 4.79 Å². The highest BCUT2D eigenvalue weighted by Crippen LogP contribution is 2.10. The molecule has 0 aliphatic heterocycles. The van der Waals surface area contributed by atoms with E-state index in [1.165, 1.54) is 0 Å². The second-order valence-corrected chi connectivity index (χ2v) is 4.48. The number of rotatable bonds is 8. The van der Waals surface area contributed by atoms with E-state index >= 15 is 0 Å². The maximum Gasteiger partial charge on any atom is 0.237 e. The summed E-state index contributed by atoms with van der Waals surface area (Å²) >= 11 is 0. The third-order valence-corrected chi connectivity index (χ3v) is 3.22. The van der Waals surface area contributed by atoms with Crippen molar-refractivity contribution in [1.82, 2.24) is 10.2 Å². The van der Waals surface area contributed by atoms with Gasteiger partial charge in [-0.2, -0.15) is 0 Å². The molecule has 0 radical (unpaired) electrons. The zero-order valence-electron chi connectivity index (χ0n) is 11.0. The molecule has 96 valence electrons. The summed E-state index contributed by atoms with van der Waals surface area (Å²) in [7, 11) is 5.45. The largest absolute Gasteiger partial charge is 0.383 e. The van der Waals surface area contributed by atoms with E-state index in [4.69, 9.17) is 10.5 Å². The number of ether oxygens (including phenoxy) is 1. The normalized spacial score (nSPS) is 17.1. The summed E-state index contributed by atoms with van der Waals surface area (Å²) in [5, 5.41) is 2.97. The van der Waals surface area contributed by atoms with Crippen LogP contribution in [0.15, 0.2) is 0 Å². The fraction of sp³-hybridized carbons (Fsp3) is 0.909. The van der Waals surface area contributed by atoms with Gasteiger partial charge in [-0.1, -0.05) is 0 Å². The number of amides is 1. The Hall–Kier alpha value is -0.650. The molecule has 5 nitrogen and oxygen atoms in total. The second-order valence-electron chi connectivity index (χ2n) is 4.48. The predicted octanol–water partition coefficient (Wildman–Crippen LogP) is -0.193. The van der Waals surface area contributed by atoms with Gasteiger partial charge in [0, 0.05) is 19.7 Å². The molecule has 3 N–H and O–H groups in total. The Balaban J connectivity index is 4.16. The zero-order valence-corrected chi connectivity index (χ0v) is 11.0. The van der Waals surface area contributed by atoms with Crippen LogP contribution in [0, 0.1) is 0 Å². The first-order chi connectivity index (χ1) is 7.37. The fourth-order valence-corrected chi connectivity index (χ4v) is 1.36. The van der Waals surface area contributed by atoms with Gasteiger partial charge in [-0.25, -0.2) is 0 Å². The molecule has 0 aliphatic rings. The van der Waals surface area contributed by atoms with Gasteiger partial charge in [0.2, 0.25) is 5.91 Å². The van der Waals surface area contributed by atoms with E-state index in [2.05, 4.69) is 17.1 Å². The highest BCUT2D eigenvalue weighted by Gasteiger charge is 2.29. The van der Waals surface area contributed by atoms with Crippen molar-refractivity contribution in [3.8, 4) is 0 Å². The summed E-state index contributed by atoms with van der Waals surface area (Å²) in [5.41, 5.74) is 4.72. The van der Waals surface area contributed by atoms with Crippen molar-refractivity contribution >= 4 is 5.91 Å². The molecular weight excluding hydrogens is 206 g/mol. The standard InChI is InChI=1S/C11H25N3O2/c1-9(8-16-5)14(4)7-6-11(2,13-3)10(12)15/h9,13H,6-8H2,1-5H3,(H2,12,15). The molecule has 0 saturated carbocycles. The average molecular weight is 231 g/mol. The molecule has 0 rings (SSSR count). The Kier molecular flexibility index (Phi) is 6.55. The predicted molar refractivity (Wildman–Crippen MR) is 65.2 cm³/mol. The fourth-order valence-electron chi connectivity index (χ4n) is 1.36. The minimum absolute atomic E-state index is 0.317. The molecule has 0 aromatic rings. The van der Waals surface area contributed by atoms with Crippen molar-refractivity contribution in [1.29, 1.82) is 0 Å². The molecular formula is C11H25N3O2. The van der Waals surface area contributed by atoms with Gasteiger partial charge in [0.1, 0.15) is 0 Å². The molecule has 0 aromatic carbocycles. The van der Waals surface area contributed by atoms with Crippen molar-refractivity contribution in [3.63, 3.8) is 0 Å². The lowest BCUT2D eigenvalue weighted by Gasteiger charge is -2.30. The van der Waals surface area contributed by atoms with Crippen LogP contribution in [-0.2, 0) is 9.53 Å². The summed E-state index contributed by atoms with van der Waals surface area (Å²) in [5.74, 6) is -0.317. The van der Waals surface area contributed by atoms with E-state index in [0.717, 1.165) is 6.54 Å². The van der Waals surface area contributed by atoms with Crippen LogP contribution in [0.5, 0.6) is 0 Å². The molecule has 16 heavy (non-hydrogen) atoms. The summed E-state index contributed by atoms with van der Waals surface area (Å²) in [6.07, 6.45) is 0.684. The smallest absolute Gasteiger partial charge is 0.237 e. The topological polar surface area (TPSA) is 67.6 Å². The number of likely N-dealkylation sites (N-methyl/N-ethyl adjacent to an activating group) is 2. The number of nitrogens with zero attached hydrogens (tertiary/aromatic N) is 1. The SMILES string of the molecule is CNC(C)(CCN(C)C(C)COC)C(N)=O. The molecule has 0 fully saturated rings. The highest BCUT2D eigenvalue weighted by atomic mass is 16.5. The molecule has 0 bridgehead atoms. The summed E-state index contributed by atoms with van der Waals surface area (Å²) in [6.45, 7) is 5.39. The minimum atomic E-state index is -0.638. The van der Waals surface area contributed by atoms with E-state index in [-0.39, 0.29) is 5.91 Å². The van der Waals surface area contributed by atoms with Crippen molar-refractivity contribution in [3.05, 3.63) is 0 Å². The monoisotopic (exact) mass is 231 g/mol. The number of nitrogens with two attached hydrogens (primary N) is 1. The Labute approximate surface area is 98.3 Å². The third-order valence-electron chi connectivity index (χ3n) is 3.22. The van der Waals surface area contributed by atoms with Gasteiger partial charge < -0.3 is 20.7 Å². The van der Waals surface area contributed by atoms with Crippen LogP contribution in [-0.4, -0.2) is 56.7 Å². The lowest BCUT2D eigenvalue weighted by atomic mass is 9.97. The molecule has 0 aromatic heterocycles. The van der Waals surface area contributed by atoms with Gasteiger partial charge in [0.25, 0.3) is 0 Å². The van der Waals surface area contributed by atoms with Crippen molar-refractivity contribution in [2.75, 3.05) is 34.4 Å². The summed E-state index contributed by atoms with van der Waals surface area (Å²) in [4.78, 5) is 13.4. The quantitative estimate of drug-likeness (QED) is 0.607. The molecule has 0 aliphatic carbocycles. The van der Waals surface area contributed by atoms with Gasteiger partial charge in [-0.15, -0.1) is 0 Å². The Morgan fingerprint density at radius 1 is 1.62 bits per heavy atom. The summed E-state index contributed by atoms with van der Waals surface area (Å²) < 4.78 is 5.08. The highest BCUT2D eigenvalue weighted by molar-refractivity contribution is 5.84. The molecule has 0 spiro atoms. The number of carbonyl (C=O) groups excluding carboxylic acids is 1. The van der Waals surface area contributed by atoms with Crippen molar-refractivity contribution < 1.29 is 9.53 Å². The van der Waals surface area contributed by atoms with Crippen LogP contribution >= 0.6 is 0 Å². The Bertz CT molecular complexity index is 223. The van der Waals surface area contributed by atoms with E-state index in [1.54, 1.807) is 14.2 Å². The average Bonchev–Trinajstić information content (AvgIpc) is 2.25. The number of methoxy groups -OCH3 is 1. The first-order valence-electron chi connectivity index (χ1n) is 5.55. The van der Waals surface area contributed by atoms with Gasteiger partial charge in [0.05, 0.1) is 12.1 Å². The van der Waals surface area contributed by atoms with E-state index in [9.17, 15) is 4.79 Å². The summed E-state index contributed by atoms with van der Waals surface area (Å²) in [6, 6.07) is 0.332. The number of carbonyl (C=O) groups is 1. The number of nitrogens with one attached hydrogen (secondary N) is 1. The Morgan fingerprint density at radius 3 is 2.56 bits per heavy atom. The van der Waals surface area contributed by atoms with Crippen LogP contribution in [0.2, 0.25) is 0 Å². The van der Waals surface area contributed by atoms with Crippen LogP contribution in [0.25, 0.3) is 0 Å². The maximum absolute atomic E-state index is 11.3. The van der Waals surface area contributed by atoms with Gasteiger partial charge in [0.15, 0.2) is 0 Å². The first kappa shape index (κ1) is 15.3. The van der Waals surface area contributed by atoms with Gasteiger partial charge in [-0.05, 0) is 34.4 Å². The number of primary amides is 1. The Morgan fingerprint density at radius 2 is 2.19 bits per heavy atom. The molecule has 1 amide bonds. The van der Waals surface area contributed by atoms with Crippen LogP contribution < -0.4 is 11.1 Å². The van der Waals surface area contributed by atoms with E-state index < -0.39 is 5.54 Å². The first-order valence-corrected chi connectivity index (χ1v) is 5.55. The molecule has 0 saturated heterocycles. The van der Waals surface area contributed by atoms with Crippen molar-refractivity contribution in [2.24, 2.45) is 5.73 Å². The van der Waals surface area contributed by atoms with Crippen LogP contribution in [0.4, 0.5) is 0 Å². The maximum atomic E-state index is 11.3. The lowest BCUT2D eigenvalue weighted by Crippen LogP contribution is -2.53. The second kappa shape index (κ2) is 6.83. The molecule has 2 unspecified atom stereocenters. The van der Waals surface area contributed by atoms with Crippen molar-refractivity contribution in [2.45, 2.75) is 31.8 Å². The third kappa shape index (κ3) is 4.47. The molecule has 2 atom stereocenters. The van der Waals surface area contributed by atoms with E-state index in [1.807, 2.05) is 14.0 Å². The zero-order chi connectivity index (χ0) is 12.8.